The zero-order valence-electron chi connectivity index (χ0n) is 8.42. The average molecular weight is 180 g/mol. The van der Waals surface area contributed by atoms with E-state index in [1.165, 1.54) is 5.57 Å². The summed E-state index contributed by atoms with van der Waals surface area (Å²) < 4.78 is 5.05. The molecule has 0 bridgehead atoms. The van der Waals surface area contributed by atoms with Crippen molar-refractivity contribution in [1.82, 2.24) is 5.16 Å². The Kier molecular flexibility index (Phi) is 3.25. The first-order valence-corrected chi connectivity index (χ1v) is 4.51. The molecular formula is C10H16N2O. The smallest absolute Gasteiger partial charge is 0.141 e. The third-order valence-electron chi connectivity index (χ3n) is 2.15. The van der Waals surface area contributed by atoms with Gasteiger partial charge in [0.15, 0.2) is 0 Å². The van der Waals surface area contributed by atoms with Crippen LogP contribution in [0.2, 0.25) is 0 Å². The summed E-state index contributed by atoms with van der Waals surface area (Å²) >= 11 is 0. The Morgan fingerprint density at radius 1 is 1.54 bits per heavy atom. The highest BCUT2D eigenvalue weighted by atomic mass is 16.5. The van der Waals surface area contributed by atoms with Gasteiger partial charge in [0.2, 0.25) is 0 Å². The van der Waals surface area contributed by atoms with Crippen molar-refractivity contribution in [3.8, 4) is 0 Å². The Morgan fingerprint density at radius 2 is 2.23 bits per heavy atom. The molecular weight excluding hydrogens is 164 g/mol. The molecule has 2 N–H and O–H groups in total. The predicted molar refractivity (Wildman–Crippen MR) is 53.3 cm³/mol. The van der Waals surface area contributed by atoms with Gasteiger partial charge in [0.05, 0.1) is 5.69 Å². The molecule has 0 spiro atoms. The van der Waals surface area contributed by atoms with Crippen LogP contribution < -0.4 is 5.73 Å². The van der Waals surface area contributed by atoms with Gasteiger partial charge in [-0.05, 0) is 26.3 Å². The van der Waals surface area contributed by atoms with Gasteiger partial charge in [0, 0.05) is 12.1 Å². The lowest BCUT2D eigenvalue weighted by atomic mass is 10.1. The van der Waals surface area contributed by atoms with Crippen molar-refractivity contribution in [2.24, 2.45) is 5.73 Å². The Labute approximate surface area is 78.6 Å². The van der Waals surface area contributed by atoms with Gasteiger partial charge < -0.3 is 10.3 Å². The van der Waals surface area contributed by atoms with Crippen LogP contribution in [0, 0.1) is 13.8 Å². The fourth-order valence-corrected chi connectivity index (χ4v) is 1.21. The zero-order chi connectivity index (χ0) is 9.84. The van der Waals surface area contributed by atoms with E-state index in [4.69, 9.17) is 10.3 Å². The summed E-state index contributed by atoms with van der Waals surface area (Å²) in [4.78, 5) is 0. The molecule has 13 heavy (non-hydrogen) atoms. The van der Waals surface area contributed by atoms with Gasteiger partial charge in [-0.25, -0.2) is 0 Å². The van der Waals surface area contributed by atoms with Crippen LogP contribution in [0.5, 0.6) is 0 Å². The molecule has 0 unspecified atom stereocenters. The van der Waals surface area contributed by atoms with Crippen molar-refractivity contribution in [3.05, 3.63) is 22.6 Å². The summed E-state index contributed by atoms with van der Waals surface area (Å²) in [5.74, 6) is 0.858. The standard InChI is InChI=1S/C10H16N2O/c1-4-9(6-11)5-10-7(2)12-13-8(10)3/h5H,4,6,11H2,1-3H3. The largest absolute Gasteiger partial charge is 0.361 e. The number of hydrogen-bond acceptors (Lipinski definition) is 3. The molecule has 72 valence electrons. The highest BCUT2D eigenvalue weighted by Gasteiger charge is 2.06. The summed E-state index contributed by atoms with van der Waals surface area (Å²) in [6.45, 7) is 6.54. The third kappa shape index (κ3) is 2.18. The molecule has 0 aliphatic rings. The van der Waals surface area contributed by atoms with Crippen molar-refractivity contribution in [2.45, 2.75) is 27.2 Å². The molecule has 1 rings (SSSR count). The Balaban J connectivity index is 3.01. The first-order valence-electron chi connectivity index (χ1n) is 4.51. The van der Waals surface area contributed by atoms with Gasteiger partial charge in [-0.15, -0.1) is 0 Å². The normalized spacial score (nSPS) is 12.2. The molecule has 0 atom stereocenters. The van der Waals surface area contributed by atoms with E-state index in [1.54, 1.807) is 0 Å². The Morgan fingerprint density at radius 3 is 2.62 bits per heavy atom. The number of nitrogens with zero attached hydrogens (tertiary/aromatic N) is 1. The Hall–Kier alpha value is -1.09. The van der Waals surface area contributed by atoms with Gasteiger partial charge in [-0.3, -0.25) is 0 Å². The summed E-state index contributed by atoms with van der Waals surface area (Å²) in [7, 11) is 0. The van der Waals surface area contributed by atoms with E-state index >= 15 is 0 Å². The lowest BCUT2D eigenvalue weighted by molar-refractivity contribution is 0.393. The second-order valence-corrected chi connectivity index (χ2v) is 3.10. The molecule has 0 saturated carbocycles. The van der Waals surface area contributed by atoms with E-state index in [2.05, 4.69) is 18.2 Å². The van der Waals surface area contributed by atoms with Gasteiger partial charge in [-0.2, -0.15) is 0 Å². The van der Waals surface area contributed by atoms with Crippen molar-refractivity contribution in [2.75, 3.05) is 6.54 Å². The summed E-state index contributed by atoms with van der Waals surface area (Å²) in [5.41, 5.74) is 8.80. The maximum atomic E-state index is 5.58. The van der Waals surface area contributed by atoms with Crippen LogP contribution in [0.15, 0.2) is 10.1 Å². The Bertz CT molecular complexity index is 287. The molecule has 0 aliphatic carbocycles. The lowest BCUT2D eigenvalue weighted by Crippen LogP contribution is -2.01. The lowest BCUT2D eigenvalue weighted by Gasteiger charge is -1.99. The van der Waals surface area contributed by atoms with Crippen LogP contribution in [0.25, 0.3) is 6.08 Å². The average Bonchev–Trinajstić information content (AvgIpc) is 2.44. The highest BCUT2D eigenvalue weighted by Crippen LogP contribution is 2.16. The monoisotopic (exact) mass is 180 g/mol. The maximum absolute atomic E-state index is 5.58. The van der Waals surface area contributed by atoms with Crippen molar-refractivity contribution in [1.29, 1.82) is 0 Å². The number of aromatic nitrogens is 1. The molecule has 0 aromatic carbocycles. The van der Waals surface area contributed by atoms with E-state index in [1.807, 2.05) is 13.8 Å². The summed E-state index contributed by atoms with van der Waals surface area (Å²) in [5, 5.41) is 3.88. The molecule has 1 aromatic heterocycles. The van der Waals surface area contributed by atoms with E-state index < -0.39 is 0 Å². The van der Waals surface area contributed by atoms with Gasteiger partial charge in [0.25, 0.3) is 0 Å². The third-order valence-corrected chi connectivity index (χ3v) is 2.15. The van der Waals surface area contributed by atoms with Gasteiger partial charge >= 0.3 is 0 Å². The minimum atomic E-state index is 0.598. The molecule has 3 heteroatoms. The van der Waals surface area contributed by atoms with Gasteiger partial charge in [0.1, 0.15) is 5.76 Å². The highest BCUT2D eigenvalue weighted by molar-refractivity contribution is 5.56. The van der Waals surface area contributed by atoms with Crippen molar-refractivity contribution >= 4 is 6.08 Å². The van der Waals surface area contributed by atoms with Crippen LogP contribution in [-0.2, 0) is 0 Å². The zero-order valence-corrected chi connectivity index (χ0v) is 8.42. The van der Waals surface area contributed by atoms with Crippen LogP contribution >= 0.6 is 0 Å². The predicted octanol–water partition coefficient (Wildman–Crippen LogP) is 2.04. The fourth-order valence-electron chi connectivity index (χ4n) is 1.21. The fraction of sp³-hybridized carbons (Fsp3) is 0.500. The summed E-state index contributed by atoms with van der Waals surface area (Å²) in [6.07, 6.45) is 3.04. The second kappa shape index (κ2) is 4.23. The van der Waals surface area contributed by atoms with Crippen molar-refractivity contribution in [3.63, 3.8) is 0 Å². The topological polar surface area (TPSA) is 52.0 Å². The maximum Gasteiger partial charge on any atom is 0.141 e. The van der Waals surface area contributed by atoms with E-state index in [0.717, 1.165) is 23.4 Å². The van der Waals surface area contributed by atoms with Crippen molar-refractivity contribution < 1.29 is 4.52 Å². The number of hydrogen-bond donors (Lipinski definition) is 1. The molecule has 3 nitrogen and oxygen atoms in total. The molecule has 0 saturated heterocycles. The SMILES string of the molecule is CCC(=Cc1c(C)noc1C)CN. The summed E-state index contributed by atoms with van der Waals surface area (Å²) in [6, 6.07) is 0. The minimum absolute atomic E-state index is 0.598. The molecule has 1 aromatic rings. The molecule has 1 heterocycles. The number of nitrogens with two attached hydrogens (primary N) is 1. The first-order chi connectivity index (χ1) is 6.19. The van der Waals surface area contributed by atoms with Crippen LogP contribution in [0.4, 0.5) is 0 Å². The molecule has 0 radical (unpaired) electrons. The first kappa shape index (κ1) is 9.99. The quantitative estimate of drug-likeness (QED) is 0.774. The minimum Gasteiger partial charge on any atom is -0.361 e. The molecule has 0 amide bonds. The van der Waals surface area contributed by atoms with Crippen LogP contribution in [0.1, 0.15) is 30.4 Å². The second-order valence-electron chi connectivity index (χ2n) is 3.10. The van der Waals surface area contributed by atoms with Gasteiger partial charge in [-0.1, -0.05) is 17.7 Å². The van der Waals surface area contributed by atoms with E-state index in [0.29, 0.717) is 6.54 Å². The van der Waals surface area contributed by atoms with E-state index in [-0.39, 0.29) is 0 Å². The molecule has 0 fully saturated rings. The van der Waals surface area contributed by atoms with Crippen LogP contribution in [0.3, 0.4) is 0 Å². The number of aryl methyl sites for hydroxylation is 2. The molecule has 0 aliphatic heterocycles. The number of rotatable bonds is 3. The van der Waals surface area contributed by atoms with Crippen LogP contribution in [-0.4, -0.2) is 11.7 Å². The van der Waals surface area contributed by atoms with E-state index in [9.17, 15) is 0 Å².